The summed E-state index contributed by atoms with van der Waals surface area (Å²) in [7, 11) is -3.42. The largest absolute Gasteiger partial charge is 0.494 e. The number of rotatable bonds is 6. The molecule has 2 N–H and O–H groups in total. The molecule has 20 heavy (non-hydrogen) atoms. The van der Waals surface area contributed by atoms with Crippen LogP contribution >= 0.6 is 0 Å². The Balaban J connectivity index is 1.94. The second-order valence-corrected chi connectivity index (χ2v) is 6.74. The first-order valence-corrected chi connectivity index (χ1v) is 8.53. The highest BCUT2D eigenvalue weighted by Crippen LogP contribution is 2.16. The lowest BCUT2D eigenvalue weighted by atomic mass is 10.0. The minimum absolute atomic E-state index is 0.282. The molecule has 0 saturated carbocycles. The predicted octanol–water partition coefficient (Wildman–Crippen LogP) is 1.36. The Morgan fingerprint density at radius 2 is 2.10 bits per heavy atom. The number of benzene rings is 1. The van der Waals surface area contributed by atoms with Crippen LogP contribution in [-0.4, -0.2) is 34.7 Å². The predicted molar refractivity (Wildman–Crippen MR) is 78.4 cm³/mol. The van der Waals surface area contributed by atoms with E-state index < -0.39 is 10.0 Å². The third-order valence-electron chi connectivity index (χ3n) is 3.41. The fourth-order valence-electron chi connectivity index (χ4n) is 2.29. The van der Waals surface area contributed by atoms with Crippen molar-refractivity contribution in [2.24, 2.45) is 5.92 Å². The molecular formula is C14H22N2O3S. The Kier molecular flexibility index (Phi) is 5.39. The molecule has 1 aliphatic heterocycles. The normalized spacial score (nSPS) is 19.8. The minimum Gasteiger partial charge on any atom is -0.494 e. The van der Waals surface area contributed by atoms with Gasteiger partial charge in [0, 0.05) is 6.54 Å². The second-order valence-electron chi connectivity index (χ2n) is 4.97. The lowest BCUT2D eigenvalue weighted by Gasteiger charge is -2.22. The molecule has 0 aromatic heterocycles. The van der Waals surface area contributed by atoms with Gasteiger partial charge in [0.05, 0.1) is 11.5 Å². The van der Waals surface area contributed by atoms with Crippen molar-refractivity contribution in [3.8, 4) is 5.75 Å². The maximum Gasteiger partial charge on any atom is 0.240 e. The van der Waals surface area contributed by atoms with Gasteiger partial charge in [-0.1, -0.05) is 0 Å². The summed E-state index contributed by atoms with van der Waals surface area (Å²) < 4.78 is 32.3. The number of piperidine rings is 1. The molecule has 6 heteroatoms. The lowest BCUT2D eigenvalue weighted by molar-refractivity contribution is 0.340. The number of nitrogens with one attached hydrogen (secondary N) is 2. The quantitative estimate of drug-likeness (QED) is 0.832. The van der Waals surface area contributed by atoms with Gasteiger partial charge in [0.25, 0.3) is 0 Å². The van der Waals surface area contributed by atoms with Crippen molar-refractivity contribution < 1.29 is 13.2 Å². The van der Waals surface area contributed by atoms with Crippen molar-refractivity contribution in [3.05, 3.63) is 24.3 Å². The van der Waals surface area contributed by atoms with Crippen molar-refractivity contribution in [1.29, 1.82) is 0 Å². The monoisotopic (exact) mass is 298 g/mol. The smallest absolute Gasteiger partial charge is 0.240 e. The Labute approximate surface area is 120 Å². The Hall–Kier alpha value is -1.11. The average Bonchev–Trinajstić information content (AvgIpc) is 2.47. The van der Waals surface area contributed by atoms with Crippen LogP contribution in [0.3, 0.4) is 0 Å². The highest BCUT2D eigenvalue weighted by Gasteiger charge is 2.18. The zero-order valence-corrected chi connectivity index (χ0v) is 12.6. The Bertz CT molecular complexity index is 508. The first-order valence-electron chi connectivity index (χ1n) is 7.05. The van der Waals surface area contributed by atoms with Gasteiger partial charge in [0.2, 0.25) is 10.0 Å². The van der Waals surface area contributed by atoms with Gasteiger partial charge in [0.1, 0.15) is 5.75 Å². The molecular weight excluding hydrogens is 276 g/mol. The highest BCUT2D eigenvalue weighted by molar-refractivity contribution is 7.89. The van der Waals surface area contributed by atoms with Crippen molar-refractivity contribution in [1.82, 2.24) is 10.0 Å². The van der Waals surface area contributed by atoms with E-state index in [2.05, 4.69) is 10.0 Å². The summed E-state index contributed by atoms with van der Waals surface area (Å²) in [5.74, 6) is 1.06. The van der Waals surface area contributed by atoms with Gasteiger partial charge in [-0.15, -0.1) is 0 Å². The van der Waals surface area contributed by atoms with E-state index >= 15 is 0 Å². The second kappa shape index (κ2) is 7.06. The number of ether oxygens (including phenoxy) is 1. The molecule has 1 fully saturated rings. The van der Waals surface area contributed by atoms with Gasteiger partial charge < -0.3 is 10.1 Å². The molecule has 1 aromatic carbocycles. The Morgan fingerprint density at radius 3 is 2.70 bits per heavy atom. The van der Waals surface area contributed by atoms with Gasteiger partial charge in [-0.05, 0) is 63.0 Å². The molecule has 1 unspecified atom stereocenters. The van der Waals surface area contributed by atoms with Crippen LogP contribution in [0.5, 0.6) is 5.75 Å². The van der Waals surface area contributed by atoms with Crippen LogP contribution in [0.1, 0.15) is 19.8 Å². The van der Waals surface area contributed by atoms with E-state index in [4.69, 9.17) is 4.74 Å². The maximum absolute atomic E-state index is 12.2. The molecule has 0 spiro atoms. The van der Waals surface area contributed by atoms with E-state index in [1.807, 2.05) is 6.92 Å². The molecule has 1 atom stereocenters. The third kappa shape index (κ3) is 4.19. The molecule has 1 aromatic rings. The third-order valence-corrected chi connectivity index (χ3v) is 4.85. The van der Waals surface area contributed by atoms with E-state index in [0.29, 0.717) is 24.8 Å². The maximum atomic E-state index is 12.2. The number of hydrogen-bond acceptors (Lipinski definition) is 4. The van der Waals surface area contributed by atoms with Crippen LogP contribution in [0.4, 0.5) is 0 Å². The van der Waals surface area contributed by atoms with Crippen molar-refractivity contribution in [3.63, 3.8) is 0 Å². The molecule has 1 heterocycles. The summed E-state index contributed by atoms with van der Waals surface area (Å²) in [5, 5.41) is 3.28. The summed E-state index contributed by atoms with van der Waals surface area (Å²) in [6.07, 6.45) is 2.17. The van der Waals surface area contributed by atoms with E-state index in [-0.39, 0.29) is 4.90 Å². The number of hydrogen-bond donors (Lipinski definition) is 2. The van der Waals surface area contributed by atoms with Crippen molar-refractivity contribution in [2.75, 3.05) is 26.2 Å². The molecule has 1 saturated heterocycles. The molecule has 0 amide bonds. The van der Waals surface area contributed by atoms with E-state index in [1.54, 1.807) is 24.3 Å². The fraction of sp³-hybridized carbons (Fsp3) is 0.571. The van der Waals surface area contributed by atoms with E-state index in [1.165, 1.54) is 0 Å². The van der Waals surface area contributed by atoms with Crippen molar-refractivity contribution >= 4 is 10.0 Å². The van der Waals surface area contributed by atoms with Gasteiger partial charge in [-0.25, -0.2) is 13.1 Å². The van der Waals surface area contributed by atoms with Crippen LogP contribution in [0.15, 0.2) is 29.2 Å². The number of sulfonamides is 1. The van der Waals surface area contributed by atoms with Crippen LogP contribution in [0.2, 0.25) is 0 Å². The Morgan fingerprint density at radius 1 is 1.35 bits per heavy atom. The van der Waals surface area contributed by atoms with E-state index in [0.717, 1.165) is 25.9 Å². The fourth-order valence-corrected chi connectivity index (χ4v) is 3.41. The van der Waals surface area contributed by atoms with Gasteiger partial charge in [-0.2, -0.15) is 0 Å². The standard InChI is InChI=1S/C14H22N2O3S/c1-2-19-13-5-7-14(8-6-13)20(17,18)16-11-12-4-3-9-15-10-12/h5-8,12,15-16H,2-4,9-11H2,1H3. The SMILES string of the molecule is CCOc1ccc(S(=O)(=O)NCC2CCCNC2)cc1. The molecule has 2 rings (SSSR count). The summed E-state index contributed by atoms with van der Waals surface area (Å²) >= 11 is 0. The van der Waals surface area contributed by atoms with E-state index in [9.17, 15) is 8.42 Å². The van der Waals surface area contributed by atoms with Crippen LogP contribution in [0.25, 0.3) is 0 Å². The average molecular weight is 298 g/mol. The van der Waals surface area contributed by atoms with Gasteiger partial charge >= 0.3 is 0 Å². The summed E-state index contributed by atoms with van der Waals surface area (Å²) in [4.78, 5) is 0.282. The highest BCUT2D eigenvalue weighted by atomic mass is 32.2. The summed E-state index contributed by atoms with van der Waals surface area (Å²) in [6, 6.07) is 6.51. The van der Waals surface area contributed by atoms with Gasteiger partial charge in [-0.3, -0.25) is 0 Å². The topological polar surface area (TPSA) is 67.4 Å². The first kappa shape index (κ1) is 15.3. The molecule has 0 radical (unpaired) electrons. The van der Waals surface area contributed by atoms with Crippen LogP contribution < -0.4 is 14.8 Å². The molecule has 0 bridgehead atoms. The van der Waals surface area contributed by atoms with Crippen LogP contribution in [-0.2, 0) is 10.0 Å². The first-order chi connectivity index (χ1) is 9.62. The summed E-state index contributed by atoms with van der Waals surface area (Å²) in [6.45, 7) is 4.86. The molecule has 112 valence electrons. The lowest BCUT2D eigenvalue weighted by Crippen LogP contribution is -2.38. The zero-order valence-electron chi connectivity index (χ0n) is 11.8. The van der Waals surface area contributed by atoms with Crippen LogP contribution in [0, 0.1) is 5.92 Å². The summed E-state index contributed by atoms with van der Waals surface area (Å²) in [5.41, 5.74) is 0. The molecule has 5 nitrogen and oxygen atoms in total. The molecule has 0 aliphatic carbocycles. The zero-order chi connectivity index (χ0) is 14.4. The molecule has 1 aliphatic rings. The van der Waals surface area contributed by atoms with Crippen molar-refractivity contribution in [2.45, 2.75) is 24.7 Å². The van der Waals surface area contributed by atoms with Gasteiger partial charge in [0.15, 0.2) is 0 Å². The minimum atomic E-state index is -3.42.